The molecule has 4 rings (SSSR count). The summed E-state index contributed by atoms with van der Waals surface area (Å²) >= 11 is 0. The Morgan fingerprint density at radius 3 is 1.98 bits per heavy atom. The van der Waals surface area contributed by atoms with Crippen molar-refractivity contribution in [2.45, 2.75) is 77.6 Å². The zero-order valence-electron chi connectivity index (χ0n) is 27.9. The maximum Gasteiger partial charge on any atom is 0.318 e. The Morgan fingerprint density at radius 2 is 1.34 bits per heavy atom. The fourth-order valence-electron chi connectivity index (χ4n) is 5.62. The molecule has 4 amide bonds. The summed E-state index contributed by atoms with van der Waals surface area (Å²) < 4.78 is 5.94. The number of carbonyl (C=O) groups is 3. The summed E-state index contributed by atoms with van der Waals surface area (Å²) in [5.74, 6) is 0.264. The fourth-order valence-corrected chi connectivity index (χ4v) is 5.62. The molecule has 9 nitrogen and oxygen atoms in total. The molecule has 252 valence electrons. The van der Waals surface area contributed by atoms with Crippen molar-refractivity contribution in [3.05, 3.63) is 102 Å². The summed E-state index contributed by atoms with van der Waals surface area (Å²) in [7, 11) is 0. The van der Waals surface area contributed by atoms with Gasteiger partial charge in [0.15, 0.2) is 0 Å². The van der Waals surface area contributed by atoms with Gasteiger partial charge in [0.25, 0.3) is 0 Å². The van der Waals surface area contributed by atoms with Crippen molar-refractivity contribution in [2.24, 2.45) is 5.92 Å². The number of nitrogens with one attached hydrogen (secondary N) is 4. The van der Waals surface area contributed by atoms with Crippen molar-refractivity contribution in [3.63, 3.8) is 0 Å². The lowest BCUT2D eigenvalue weighted by molar-refractivity contribution is -0.130. The van der Waals surface area contributed by atoms with E-state index in [9.17, 15) is 14.4 Å². The average Bonchev–Trinajstić information content (AvgIpc) is 3.38. The Labute approximate surface area is 279 Å². The summed E-state index contributed by atoms with van der Waals surface area (Å²) in [6, 6.07) is 25.8. The van der Waals surface area contributed by atoms with Crippen LogP contribution < -0.4 is 26.0 Å². The van der Waals surface area contributed by atoms with Crippen LogP contribution in [-0.2, 0) is 29.2 Å². The maximum atomic E-state index is 13.7. The molecule has 47 heavy (non-hydrogen) atoms. The van der Waals surface area contributed by atoms with E-state index in [1.165, 1.54) is 5.56 Å². The molecule has 9 heteroatoms. The van der Waals surface area contributed by atoms with Crippen LogP contribution in [0.5, 0.6) is 5.75 Å². The van der Waals surface area contributed by atoms with Crippen molar-refractivity contribution in [2.75, 3.05) is 26.2 Å². The fraction of sp³-hybridized carbons (Fsp3) is 0.447. The van der Waals surface area contributed by atoms with Crippen molar-refractivity contribution in [1.82, 2.24) is 26.2 Å². The van der Waals surface area contributed by atoms with Gasteiger partial charge in [-0.15, -0.1) is 0 Å². The normalized spacial score (nSPS) is 14.5. The first kappa shape index (κ1) is 35.5. The average molecular weight is 642 g/mol. The molecular weight excluding hydrogens is 590 g/mol. The zero-order valence-corrected chi connectivity index (χ0v) is 27.9. The van der Waals surface area contributed by atoms with Crippen LogP contribution in [0.25, 0.3) is 0 Å². The number of carbonyl (C=O) groups excluding carboxylic acids is 3. The zero-order chi connectivity index (χ0) is 33.3. The van der Waals surface area contributed by atoms with E-state index in [4.69, 9.17) is 4.74 Å². The minimum atomic E-state index is -0.822. The van der Waals surface area contributed by atoms with Crippen LogP contribution in [-0.4, -0.2) is 61.0 Å². The smallest absolute Gasteiger partial charge is 0.318 e. The summed E-state index contributed by atoms with van der Waals surface area (Å²) in [5, 5.41) is 12.3. The van der Waals surface area contributed by atoms with E-state index in [0.717, 1.165) is 42.6 Å². The molecule has 3 aromatic carbocycles. The molecule has 4 N–H and O–H groups in total. The molecule has 0 saturated carbocycles. The van der Waals surface area contributed by atoms with Crippen molar-refractivity contribution in [3.8, 4) is 5.75 Å². The third-order valence-electron chi connectivity index (χ3n) is 8.23. The number of hydrogen-bond acceptors (Lipinski definition) is 5. The van der Waals surface area contributed by atoms with Gasteiger partial charge in [0.05, 0.1) is 0 Å². The lowest BCUT2D eigenvalue weighted by atomic mass is 10.0. The molecule has 2 atom stereocenters. The summed E-state index contributed by atoms with van der Waals surface area (Å²) in [4.78, 5) is 42.2. The molecule has 0 unspecified atom stereocenters. The van der Waals surface area contributed by atoms with E-state index in [2.05, 4.69) is 21.3 Å². The number of amides is 4. The first-order valence-corrected chi connectivity index (χ1v) is 17.0. The van der Waals surface area contributed by atoms with Crippen molar-refractivity contribution >= 4 is 17.8 Å². The highest BCUT2D eigenvalue weighted by molar-refractivity contribution is 5.92. The molecule has 1 aliphatic rings. The van der Waals surface area contributed by atoms with Gasteiger partial charge in [0.1, 0.15) is 24.4 Å². The molecule has 0 bridgehead atoms. The second kappa shape index (κ2) is 19.3. The molecular formula is C38H51N5O4. The predicted octanol–water partition coefficient (Wildman–Crippen LogP) is 5.20. The van der Waals surface area contributed by atoms with E-state index in [1.807, 2.05) is 104 Å². The monoisotopic (exact) mass is 641 g/mol. The number of hydrogen-bond donors (Lipinski definition) is 4. The Hall–Kier alpha value is -4.37. The SMILES string of the molecule is CC(C)C[C@H](NC(=O)N1CCCCCC1)C(=O)N[C@@H](Cc1ccc(OCc2ccccc2)cc1)C(=O)NCCNCc1ccccc1. The summed E-state index contributed by atoms with van der Waals surface area (Å²) in [5.41, 5.74) is 3.13. The van der Waals surface area contributed by atoms with E-state index < -0.39 is 12.1 Å². The Bertz CT molecular complexity index is 1360. The molecule has 1 fully saturated rings. The molecule has 0 spiro atoms. The number of likely N-dealkylation sites (tertiary alicyclic amines) is 1. The first-order valence-electron chi connectivity index (χ1n) is 17.0. The third-order valence-corrected chi connectivity index (χ3v) is 8.23. The highest BCUT2D eigenvalue weighted by Crippen LogP contribution is 2.16. The molecule has 1 heterocycles. The molecule has 0 aliphatic carbocycles. The standard InChI is InChI=1S/C38H51N5O4/c1-29(2)25-34(42-38(46)43-23-11-3-4-12-24-43)37(45)41-35(36(44)40-22-21-39-27-31-13-7-5-8-14-31)26-30-17-19-33(20-18-30)47-28-32-15-9-6-10-16-32/h5-10,13-20,29,34-35,39H,3-4,11-12,21-28H2,1-2H3,(H,40,44)(H,41,45)(H,42,46)/t34-,35-/m0/s1. The largest absolute Gasteiger partial charge is 0.489 e. The Morgan fingerprint density at radius 1 is 0.702 bits per heavy atom. The van der Waals surface area contributed by atoms with Crippen molar-refractivity contribution in [1.29, 1.82) is 0 Å². The summed E-state index contributed by atoms with van der Waals surface area (Å²) in [6.07, 6.45) is 4.91. The minimum absolute atomic E-state index is 0.168. The number of benzene rings is 3. The topological polar surface area (TPSA) is 112 Å². The second-order valence-corrected chi connectivity index (χ2v) is 12.7. The van der Waals surface area contributed by atoms with Gasteiger partial charge in [0, 0.05) is 39.1 Å². The van der Waals surface area contributed by atoms with Crippen LogP contribution in [0.3, 0.4) is 0 Å². The van der Waals surface area contributed by atoms with Gasteiger partial charge in [-0.3, -0.25) is 9.59 Å². The van der Waals surface area contributed by atoms with Crippen LogP contribution >= 0.6 is 0 Å². The third kappa shape index (κ3) is 12.7. The van der Waals surface area contributed by atoms with E-state index in [-0.39, 0.29) is 23.8 Å². The minimum Gasteiger partial charge on any atom is -0.489 e. The van der Waals surface area contributed by atoms with E-state index in [1.54, 1.807) is 0 Å². The van der Waals surface area contributed by atoms with Gasteiger partial charge in [-0.1, -0.05) is 99.5 Å². The Kier molecular flexibility index (Phi) is 14.6. The van der Waals surface area contributed by atoms with Gasteiger partial charge in [0.2, 0.25) is 11.8 Å². The Balaban J connectivity index is 1.39. The summed E-state index contributed by atoms with van der Waals surface area (Å²) in [6.45, 7) is 7.57. The lowest BCUT2D eigenvalue weighted by Gasteiger charge is -2.27. The number of nitrogens with zero attached hydrogens (tertiary/aromatic N) is 1. The second-order valence-electron chi connectivity index (χ2n) is 12.7. The lowest BCUT2D eigenvalue weighted by Crippen LogP contribution is -2.56. The molecule has 3 aromatic rings. The van der Waals surface area contributed by atoms with Gasteiger partial charge in [-0.2, -0.15) is 0 Å². The quantitative estimate of drug-likeness (QED) is 0.161. The van der Waals surface area contributed by atoms with Crippen LogP contribution in [0.4, 0.5) is 4.79 Å². The van der Waals surface area contributed by atoms with Crippen LogP contribution in [0.2, 0.25) is 0 Å². The predicted molar refractivity (Wildman–Crippen MR) is 186 cm³/mol. The van der Waals surface area contributed by atoms with Gasteiger partial charge >= 0.3 is 6.03 Å². The highest BCUT2D eigenvalue weighted by Gasteiger charge is 2.29. The van der Waals surface area contributed by atoms with Gasteiger partial charge < -0.3 is 30.9 Å². The van der Waals surface area contributed by atoms with E-state index >= 15 is 0 Å². The number of urea groups is 1. The molecule has 0 aromatic heterocycles. The number of ether oxygens (including phenoxy) is 1. The molecule has 1 aliphatic heterocycles. The van der Waals surface area contributed by atoms with Gasteiger partial charge in [-0.25, -0.2) is 4.79 Å². The molecule has 0 radical (unpaired) electrons. The van der Waals surface area contributed by atoms with Crippen LogP contribution in [0, 0.1) is 5.92 Å². The van der Waals surface area contributed by atoms with E-state index in [0.29, 0.717) is 52.2 Å². The molecule has 1 saturated heterocycles. The van der Waals surface area contributed by atoms with Gasteiger partial charge in [-0.05, 0) is 54.0 Å². The van der Waals surface area contributed by atoms with Crippen molar-refractivity contribution < 1.29 is 19.1 Å². The van der Waals surface area contributed by atoms with Crippen LogP contribution in [0.1, 0.15) is 62.6 Å². The first-order chi connectivity index (χ1) is 22.9. The van der Waals surface area contributed by atoms with Crippen LogP contribution in [0.15, 0.2) is 84.9 Å². The maximum absolute atomic E-state index is 13.7. The number of rotatable bonds is 16. The highest BCUT2D eigenvalue weighted by atomic mass is 16.5.